The quantitative estimate of drug-likeness (QED) is 0.832. The fraction of sp³-hybridized carbons (Fsp3) is 0.500. The Morgan fingerprint density at radius 2 is 2.26 bits per heavy atom. The number of carbonyl (C=O) groups excluding carboxylic acids is 1. The molecular formula is C14H19FN2O2. The van der Waals surface area contributed by atoms with Crippen LogP contribution in [0.15, 0.2) is 24.3 Å². The summed E-state index contributed by atoms with van der Waals surface area (Å²) in [5.74, 6) is -0.444. The van der Waals surface area contributed by atoms with Crippen molar-refractivity contribution in [2.24, 2.45) is 0 Å². The SMILES string of the molecule is O=C(CN1CCC[C@H]1CO)NCc1ccccc1F. The lowest BCUT2D eigenvalue weighted by atomic mass is 10.2. The average Bonchev–Trinajstić information content (AvgIpc) is 2.85. The Kier molecular flexibility index (Phi) is 4.87. The van der Waals surface area contributed by atoms with Crippen LogP contribution in [0.2, 0.25) is 0 Å². The van der Waals surface area contributed by atoms with Gasteiger partial charge >= 0.3 is 0 Å². The third-order valence-corrected chi connectivity index (χ3v) is 3.49. The van der Waals surface area contributed by atoms with Gasteiger partial charge in [0.25, 0.3) is 0 Å². The molecule has 0 aliphatic carbocycles. The molecule has 104 valence electrons. The molecule has 1 fully saturated rings. The average molecular weight is 266 g/mol. The molecule has 1 aliphatic heterocycles. The van der Waals surface area contributed by atoms with E-state index in [1.807, 2.05) is 4.90 Å². The van der Waals surface area contributed by atoms with Crippen molar-refractivity contribution in [2.45, 2.75) is 25.4 Å². The van der Waals surface area contributed by atoms with E-state index in [0.29, 0.717) is 5.56 Å². The molecule has 1 aliphatic rings. The minimum atomic E-state index is -0.308. The third-order valence-electron chi connectivity index (χ3n) is 3.49. The van der Waals surface area contributed by atoms with Gasteiger partial charge in [-0.1, -0.05) is 18.2 Å². The Morgan fingerprint density at radius 1 is 1.47 bits per heavy atom. The highest BCUT2D eigenvalue weighted by atomic mass is 19.1. The van der Waals surface area contributed by atoms with Crippen LogP contribution in [-0.2, 0) is 11.3 Å². The first-order valence-electron chi connectivity index (χ1n) is 6.55. The Labute approximate surface area is 112 Å². The number of nitrogens with one attached hydrogen (secondary N) is 1. The smallest absolute Gasteiger partial charge is 0.234 e. The molecule has 2 rings (SSSR count). The van der Waals surface area contributed by atoms with Gasteiger partial charge in [0.15, 0.2) is 0 Å². The lowest BCUT2D eigenvalue weighted by molar-refractivity contribution is -0.122. The van der Waals surface area contributed by atoms with Crippen molar-refractivity contribution < 1.29 is 14.3 Å². The van der Waals surface area contributed by atoms with Gasteiger partial charge in [0.2, 0.25) is 5.91 Å². The summed E-state index contributed by atoms with van der Waals surface area (Å²) in [4.78, 5) is 13.8. The first kappa shape index (κ1) is 14.0. The molecule has 0 saturated carbocycles. The second-order valence-electron chi connectivity index (χ2n) is 4.82. The van der Waals surface area contributed by atoms with Gasteiger partial charge in [-0.25, -0.2) is 4.39 Å². The van der Waals surface area contributed by atoms with E-state index in [4.69, 9.17) is 0 Å². The lowest BCUT2D eigenvalue weighted by Gasteiger charge is -2.21. The molecule has 19 heavy (non-hydrogen) atoms. The minimum Gasteiger partial charge on any atom is -0.395 e. The molecule has 0 spiro atoms. The summed E-state index contributed by atoms with van der Waals surface area (Å²) < 4.78 is 13.4. The van der Waals surface area contributed by atoms with Gasteiger partial charge in [-0.15, -0.1) is 0 Å². The summed E-state index contributed by atoms with van der Waals surface area (Å²) in [7, 11) is 0. The van der Waals surface area contributed by atoms with Crippen molar-refractivity contribution in [3.8, 4) is 0 Å². The molecule has 1 atom stereocenters. The molecule has 0 unspecified atom stereocenters. The molecule has 4 nitrogen and oxygen atoms in total. The molecule has 5 heteroatoms. The fourth-order valence-corrected chi connectivity index (χ4v) is 2.39. The molecule has 1 saturated heterocycles. The molecular weight excluding hydrogens is 247 g/mol. The number of rotatable bonds is 5. The van der Waals surface area contributed by atoms with E-state index >= 15 is 0 Å². The standard InChI is InChI=1S/C14H19FN2O2/c15-13-6-2-1-4-11(13)8-16-14(19)9-17-7-3-5-12(17)10-18/h1-2,4,6,12,18H,3,5,7-10H2,(H,16,19)/t12-/m0/s1. The highest BCUT2D eigenvalue weighted by Gasteiger charge is 2.25. The number of aliphatic hydroxyl groups excluding tert-OH is 1. The Balaban J connectivity index is 1.80. The van der Waals surface area contributed by atoms with Crippen LogP contribution in [0.25, 0.3) is 0 Å². The normalized spacial score (nSPS) is 19.6. The van der Waals surface area contributed by atoms with Crippen molar-refractivity contribution in [3.05, 3.63) is 35.6 Å². The van der Waals surface area contributed by atoms with E-state index in [1.54, 1.807) is 18.2 Å². The molecule has 0 bridgehead atoms. The van der Waals surface area contributed by atoms with Crippen LogP contribution in [0.1, 0.15) is 18.4 Å². The van der Waals surface area contributed by atoms with Crippen LogP contribution in [0, 0.1) is 5.82 Å². The van der Waals surface area contributed by atoms with Gasteiger partial charge in [-0.2, -0.15) is 0 Å². The summed E-state index contributed by atoms with van der Waals surface area (Å²) >= 11 is 0. The topological polar surface area (TPSA) is 52.6 Å². The highest BCUT2D eigenvalue weighted by Crippen LogP contribution is 2.15. The number of carbonyl (C=O) groups is 1. The van der Waals surface area contributed by atoms with Crippen molar-refractivity contribution in [3.63, 3.8) is 0 Å². The van der Waals surface area contributed by atoms with Crippen LogP contribution in [0.3, 0.4) is 0 Å². The van der Waals surface area contributed by atoms with E-state index in [0.717, 1.165) is 19.4 Å². The summed E-state index contributed by atoms with van der Waals surface area (Å²) in [5, 5.41) is 11.9. The minimum absolute atomic E-state index is 0.0826. The molecule has 2 N–H and O–H groups in total. The van der Waals surface area contributed by atoms with Crippen LogP contribution in [-0.4, -0.2) is 41.7 Å². The number of benzene rings is 1. The number of hydrogen-bond acceptors (Lipinski definition) is 3. The molecule has 1 heterocycles. The number of nitrogens with zero attached hydrogens (tertiary/aromatic N) is 1. The zero-order chi connectivity index (χ0) is 13.7. The van der Waals surface area contributed by atoms with Crippen LogP contribution in [0.4, 0.5) is 4.39 Å². The highest BCUT2D eigenvalue weighted by molar-refractivity contribution is 5.78. The van der Waals surface area contributed by atoms with Crippen molar-refractivity contribution >= 4 is 5.91 Å². The van der Waals surface area contributed by atoms with Crippen molar-refractivity contribution in [2.75, 3.05) is 19.7 Å². The van der Waals surface area contributed by atoms with Gasteiger partial charge in [-0.05, 0) is 25.5 Å². The molecule has 0 aromatic heterocycles. The van der Waals surface area contributed by atoms with Crippen molar-refractivity contribution in [1.29, 1.82) is 0 Å². The zero-order valence-corrected chi connectivity index (χ0v) is 10.8. The van der Waals surface area contributed by atoms with Gasteiger partial charge < -0.3 is 10.4 Å². The van der Waals surface area contributed by atoms with Gasteiger partial charge in [-0.3, -0.25) is 9.69 Å². The second kappa shape index (κ2) is 6.63. The van der Waals surface area contributed by atoms with Crippen LogP contribution >= 0.6 is 0 Å². The fourth-order valence-electron chi connectivity index (χ4n) is 2.39. The van der Waals surface area contributed by atoms with E-state index in [-0.39, 0.29) is 37.5 Å². The van der Waals surface area contributed by atoms with Gasteiger partial charge in [0, 0.05) is 18.2 Å². The van der Waals surface area contributed by atoms with Crippen LogP contribution < -0.4 is 5.32 Å². The molecule has 1 amide bonds. The zero-order valence-electron chi connectivity index (χ0n) is 10.8. The monoisotopic (exact) mass is 266 g/mol. The number of aliphatic hydroxyl groups is 1. The van der Waals surface area contributed by atoms with Crippen molar-refractivity contribution in [1.82, 2.24) is 10.2 Å². The van der Waals surface area contributed by atoms with Gasteiger partial charge in [0.05, 0.1) is 13.2 Å². The Hall–Kier alpha value is -1.46. The molecule has 1 aromatic rings. The Bertz CT molecular complexity index is 439. The summed E-state index contributed by atoms with van der Waals surface area (Å²) in [6, 6.07) is 6.48. The Morgan fingerprint density at radius 3 is 3.00 bits per heavy atom. The third kappa shape index (κ3) is 3.75. The lowest BCUT2D eigenvalue weighted by Crippen LogP contribution is -2.41. The maximum Gasteiger partial charge on any atom is 0.234 e. The van der Waals surface area contributed by atoms with E-state index in [9.17, 15) is 14.3 Å². The number of amides is 1. The largest absolute Gasteiger partial charge is 0.395 e. The number of likely N-dealkylation sites (tertiary alicyclic amines) is 1. The molecule has 1 aromatic carbocycles. The first-order chi connectivity index (χ1) is 9.20. The summed E-state index contributed by atoms with van der Waals surface area (Å²) in [5.41, 5.74) is 0.482. The van der Waals surface area contributed by atoms with Gasteiger partial charge in [0.1, 0.15) is 5.82 Å². The van der Waals surface area contributed by atoms with E-state index in [2.05, 4.69) is 5.32 Å². The number of halogens is 1. The number of hydrogen-bond donors (Lipinski definition) is 2. The second-order valence-corrected chi connectivity index (χ2v) is 4.82. The summed E-state index contributed by atoms with van der Waals surface area (Å²) in [6.45, 7) is 1.38. The van der Waals surface area contributed by atoms with Crippen LogP contribution in [0.5, 0.6) is 0 Å². The maximum absolute atomic E-state index is 13.4. The van der Waals surface area contributed by atoms with E-state index in [1.165, 1.54) is 6.07 Å². The predicted octanol–water partition coefficient (Wildman–Crippen LogP) is 0.899. The first-order valence-corrected chi connectivity index (χ1v) is 6.55. The van der Waals surface area contributed by atoms with E-state index < -0.39 is 0 Å². The maximum atomic E-state index is 13.4. The predicted molar refractivity (Wildman–Crippen MR) is 69.9 cm³/mol. The molecule has 0 radical (unpaired) electrons. The summed E-state index contributed by atoms with van der Waals surface area (Å²) in [6.07, 6.45) is 1.93.